The highest BCUT2D eigenvalue weighted by Gasteiger charge is 2.16. The Hall–Kier alpha value is -2.55. The summed E-state index contributed by atoms with van der Waals surface area (Å²) >= 11 is 0. The van der Waals surface area contributed by atoms with Crippen molar-refractivity contribution in [3.63, 3.8) is 0 Å². The molecule has 0 saturated carbocycles. The Kier molecular flexibility index (Phi) is 3.49. The summed E-state index contributed by atoms with van der Waals surface area (Å²) < 4.78 is 1.61. The Balaban J connectivity index is 2.15. The number of nitrogens with zero attached hydrogens (tertiary/aromatic N) is 2. The van der Waals surface area contributed by atoms with Crippen molar-refractivity contribution in [2.75, 3.05) is 0 Å². The molecule has 0 bridgehead atoms. The first kappa shape index (κ1) is 14.4. The molecule has 3 nitrogen and oxygen atoms in total. The molecular weight excluding hydrogens is 272 g/mol. The molecule has 3 rings (SSSR count). The summed E-state index contributed by atoms with van der Waals surface area (Å²) in [4.78, 5) is 0. The average molecular weight is 292 g/mol. The topological polar surface area (TPSA) is 38.0 Å². The minimum Gasteiger partial charge on any atom is -0.493 e. The van der Waals surface area contributed by atoms with Crippen molar-refractivity contribution in [2.24, 2.45) is 0 Å². The Morgan fingerprint density at radius 3 is 2.36 bits per heavy atom. The summed E-state index contributed by atoms with van der Waals surface area (Å²) in [7, 11) is 0. The third kappa shape index (κ3) is 2.39. The van der Waals surface area contributed by atoms with Gasteiger partial charge in [0.05, 0.1) is 11.4 Å². The maximum absolute atomic E-state index is 10.5. The molecular formula is C19H20N2O. The van der Waals surface area contributed by atoms with Crippen molar-refractivity contribution in [2.45, 2.75) is 27.7 Å². The number of hydrogen-bond donors (Lipinski definition) is 1. The molecule has 0 unspecified atom stereocenters. The van der Waals surface area contributed by atoms with Crippen molar-refractivity contribution in [1.29, 1.82) is 0 Å². The van der Waals surface area contributed by atoms with Crippen LogP contribution in [0.4, 0.5) is 0 Å². The van der Waals surface area contributed by atoms with Gasteiger partial charge in [0.2, 0.25) is 5.88 Å². The van der Waals surface area contributed by atoms with E-state index in [2.05, 4.69) is 38.0 Å². The normalized spacial score (nSPS) is 10.9. The molecule has 112 valence electrons. The molecule has 0 aliphatic heterocycles. The van der Waals surface area contributed by atoms with Gasteiger partial charge in [-0.25, -0.2) is 4.68 Å². The number of aromatic hydroxyl groups is 1. The first-order chi connectivity index (χ1) is 10.5. The van der Waals surface area contributed by atoms with Gasteiger partial charge in [-0.1, -0.05) is 29.8 Å². The van der Waals surface area contributed by atoms with Crippen LogP contribution < -0.4 is 0 Å². The van der Waals surface area contributed by atoms with E-state index in [0.29, 0.717) is 0 Å². The summed E-state index contributed by atoms with van der Waals surface area (Å²) in [5, 5.41) is 15.1. The van der Waals surface area contributed by atoms with E-state index in [9.17, 15) is 5.11 Å². The molecule has 2 aromatic carbocycles. The van der Waals surface area contributed by atoms with E-state index in [-0.39, 0.29) is 5.88 Å². The van der Waals surface area contributed by atoms with E-state index in [0.717, 1.165) is 22.5 Å². The largest absolute Gasteiger partial charge is 0.493 e. The van der Waals surface area contributed by atoms with Crippen LogP contribution >= 0.6 is 0 Å². The lowest BCUT2D eigenvalue weighted by Crippen LogP contribution is -1.97. The third-order valence-corrected chi connectivity index (χ3v) is 4.12. The predicted molar refractivity (Wildman–Crippen MR) is 89.6 cm³/mol. The fourth-order valence-corrected chi connectivity index (χ4v) is 2.59. The van der Waals surface area contributed by atoms with Crippen LogP contribution in [-0.4, -0.2) is 14.9 Å². The summed E-state index contributed by atoms with van der Waals surface area (Å²) in [5.41, 5.74) is 7.10. The lowest BCUT2D eigenvalue weighted by Gasteiger charge is -2.06. The smallest absolute Gasteiger partial charge is 0.217 e. The van der Waals surface area contributed by atoms with Gasteiger partial charge in [0.15, 0.2) is 0 Å². The highest BCUT2D eigenvalue weighted by molar-refractivity contribution is 5.66. The van der Waals surface area contributed by atoms with Crippen LogP contribution in [0.1, 0.15) is 22.3 Å². The molecule has 0 radical (unpaired) electrons. The maximum atomic E-state index is 10.5. The minimum absolute atomic E-state index is 0.194. The van der Waals surface area contributed by atoms with Gasteiger partial charge in [0, 0.05) is 11.1 Å². The quantitative estimate of drug-likeness (QED) is 0.756. The Morgan fingerprint density at radius 2 is 1.68 bits per heavy atom. The molecule has 0 fully saturated rings. The van der Waals surface area contributed by atoms with E-state index < -0.39 is 0 Å². The van der Waals surface area contributed by atoms with Crippen LogP contribution in [0.2, 0.25) is 0 Å². The molecule has 1 heterocycles. The zero-order chi connectivity index (χ0) is 15.9. The average Bonchev–Trinajstić information content (AvgIpc) is 2.78. The fourth-order valence-electron chi connectivity index (χ4n) is 2.59. The van der Waals surface area contributed by atoms with Crippen LogP contribution in [0, 0.1) is 27.7 Å². The first-order valence-electron chi connectivity index (χ1n) is 7.40. The van der Waals surface area contributed by atoms with Gasteiger partial charge in [0.25, 0.3) is 0 Å². The Labute approximate surface area is 130 Å². The van der Waals surface area contributed by atoms with Crippen molar-refractivity contribution in [3.8, 4) is 22.8 Å². The molecule has 1 aromatic heterocycles. The predicted octanol–water partition coefficient (Wildman–Crippen LogP) is 4.48. The minimum atomic E-state index is 0.194. The molecule has 3 aromatic rings. The Bertz CT molecular complexity index is 847. The molecule has 22 heavy (non-hydrogen) atoms. The Morgan fingerprint density at radius 1 is 0.909 bits per heavy atom. The molecule has 0 amide bonds. The fraction of sp³-hybridized carbons (Fsp3) is 0.211. The third-order valence-electron chi connectivity index (χ3n) is 4.12. The zero-order valence-electron chi connectivity index (χ0n) is 13.4. The van der Waals surface area contributed by atoms with Crippen LogP contribution in [0.3, 0.4) is 0 Å². The van der Waals surface area contributed by atoms with Gasteiger partial charge >= 0.3 is 0 Å². The van der Waals surface area contributed by atoms with E-state index >= 15 is 0 Å². The highest BCUT2D eigenvalue weighted by Crippen LogP contribution is 2.31. The molecule has 0 aliphatic rings. The highest BCUT2D eigenvalue weighted by atomic mass is 16.3. The van der Waals surface area contributed by atoms with E-state index in [4.69, 9.17) is 0 Å². The summed E-state index contributed by atoms with van der Waals surface area (Å²) in [6, 6.07) is 14.2. The maximum Gasteiger partial charge on any atom is 0.217 e. The molecule has 1 N–H and O–H groups in total. The lowest BCUT2D eigenvalue weighted by atomic mass is 10.1. The lowest BCUT2D eigenvalue weighted by molar-refractivity contribution is 0.430. The van der Waals surface area contributed by atoms with E-state index in [1.807, 2.05) is 37.3 Å². The van der Waals surface area contributed by atoms with Gasteiger partial charge in [0.1, 0.15) is 0 Å². The molecule has 0 spiro atoms. The van der Waals surface area contributed by atoms with Gasteiger partial charge in [-0.2, -0.15) is 5.10 Å². The number of benzene rings is 2. The number of hydrogen-bond acceptors (Lipinski definition) is 2. The monoisotopic (exact) mass is 292 g/mol. The zero-order valence-corrected chi connectivity index (χ0v) is 13.4. The first-order valence-corrected chi connectivity index (χ1v) is 7.40. The van der Waals surface area contributed by atoms with Gasteiger partial charge < -0.3 is 5.11 Å². The second-order valence-corrected chi connectivity index (χ2v) is 5.85. The number of rotatable bonds is 2. The molecule has 0 saturated heterocycles. The summed E-state index contributed by atoms with van der Waals surface area (Å²) in [5.74, 6) is 0.194. The van der Waals surface area contributed by atoms with Gasteiger partial charge in [-0.15, -0.1) is 0 Å². The number of aromatic nitrogens is 2. The van der Waals surface area contributed by atoms with E-state index in [1.165, 1.54) is 16.7 Å². The standard InChI is InChI=1S/C19H20N2O/c1-12-6-5-7-16(10-12)18-15(4)19(22)21(20-18)17-9-8-13(2)14(3)11-17/h5-11,22H,1-4H3. The van der Waals surface area contributed by atoms with Crippen LogP contribution in [0.25, 0.3) is 16.9 Å². The van der Waals surface area contributed by atoms with Crippen LogP contribution in [0.5, 0.6) is 5.88 Å². The van der Waals surface area contributed by atoms with Crippen LogP contribution in [0.15, 0.2) is 42.5 Å². The molecule has 0 atom stereocenters. The van der Waals surface area contributed by atoms with Crippen molar-refractivity contribution >= 4 is 0 Å². The second-order valence-electron chi connectivity index (χ2n) is 5.85. The van der Waals surface area contributed by atoms with Crippen molar-refractivity contribution in [1.82, 2.24) is 9.78 Å². The molecule has 3 heteroatoms. The number of aryl methyl sites for hydroxylation is 3. The van der Waals surface area contributed by atoms with Crippen LogP contribution in [-0.2, 0) is 0 Å². The summed E-state index contributed by atoms with van der Waals surface area (Å²) in [6.45, 7) is 8.09. The van der Waals surface area contributed by atoms with Gasteiger partial charge in [-0.3, -0.25) is 0 Å². The second kappa shape index (κ2) is 5.34. The van der Waals surface area contributed by atoms with Crippen molar-refractivity contribution < 1.29 is 5.11 Å². The SMILES string of the molecule is Cc1cccc(-c2nn(-c3ccc(C)c(C)c3)c(O)c2C)c1. The summed E-state index contributed by atoms with van der Waals surface area (Å²) in [6.07, 6.45) is 0. The van der Waals surface area contributed by atoms with Crippen molar-refractivity contribution in [3.05, 3.63) is 64.7 Å². The molecule has 0 aliphatic carbocycles. The van der Waals surface area contributed by atoms with Gasteiger partial charge in [-0.05, 0) is 57.0 Å². The van der Waals surface area contributed by atoms with E-state index in [1.54, 1.807) is 4.68 Å².